The molecule has 0 aliphatic heterocycles. The van der Waals surface area contributed by atoms with E-state index in [0.717, 1.165) is 16.5 Å². The van der Waals surface area contributed by atoms with E-state index >= 15 is 0 Å². The van der Waals surface area contributed by atoms with Crippen LogP contribution in [0.4, 0.5) is 4.39 Å². The van der Waals surface area contributed by atoms with Crippen LogP contribution in [0.3, 0.4) is 0 Å². The van der Waals surface area contributed by atoms with Crippen molar-refractivity contribution in [2.45, 2.75) is 6.61 Å². The zero-order valence-corrected chi connectivity index (χ0v) is 10.6. The van der Waals surface area contributed by atoms with Gasteiger partial charge >= 0.3 is 0 Å². The third-order valence-electron chi connectivity index (χ3n) is 2.98. The predicted molar refractivity (Wildman–Crippen MR) is 74.1 cm³/mol. The van der Waals surface area contributed by atoms with Crippen LogP contribution in [-0.2, 0) is 6.61 Å². The van der Waals surface area contributed by atoms with Crippen LogP contribution in [0.25, 0.3) is 10.9 Å². The van der Waals surface area contributed by atoms with E-state index in [4.69, 9.17) is 4.74 Å². The molecule has 1 aromatic heterocycles. The molecule has 3 nitrogen and oxygen atoms in total. The SMILES string of the molecule is OCc1cc(Oc2ccc(F)cc2)nc2ccccc12. The van der Waals surface area contributed by atoms with E-state index in [0.29, 0.717) is 11.6 Å². The highest BCUT2D eigenvalue weighted by Crippen LogP contribution is 2.25. The molecule has 0 radical (unpaired) electrons. The number of aliphatic hydroxyl groups is 1. The molecule has 1 heterocycles. The van der Waals surface area contributed by atoms with Crippen molar-refractivity contribution in [3.63, 3.8) is 0 Å². The van der Waals surface area contributed by atoms with Crippen molar-refractivity contribution in [3.05, 3.63) is 66.0 Å². The third-order valence-corrected chi connectivity index (χ3v) is 2.98. The number of aromatic nitrogens is 1. The van der Waals surface area contributed by atoms with Gasteiger partial charge in [-0.1, -0.05) is 18.2 Å². The average molecular weight is 269 g/mol. The summed E-state index contributed by atoms with van der Waals surface area (Å²) in [7, 11) is 0. The Morgan fingerprint density at radius 2 is 1.80 bits per heavy atom. The summed E-state index contributed by atoms with van der Waals surface area (Å²) in [5, 5.41) is 10.3. The number of nitrogens with zero attached hydrogens (tertiary/aromatic N) is 1. The molecule has 0 fully saturated rings. The molecule has 0 unspecified atom stereocenters. The minimum Gasteiger partial charge on any atom is -0.439 e. The maximum atomic E-state index is 12.8. The first kappa shape index (κ1) is 12.6. The Morgan fingerprint density at radius 1 is 1.05 bits per heavy atom. The molecule has 1 N–H and O–H groups in total. The molecule has 0 aliphatic rings. The van der Waals surface area contributed by atoms with Crippen LogP contribution in [0.2, 0.25) is 0 Å². The van der Waals surface area contributed by atoms with Gasteiger partial charge in [0.05, 0.1) is 12.1 Å². The first-order valence-corrected chi connectivity index (χ1v) is 6.19. The molecule has 0 saturated heterocycles. The van der Waals surface area contributed by atoms with Gasteiger partial charge in [-0.3, -0.25) is 0 Å². The maximum absolute atomic E-state index is 12.8. The topological polar surface area (TPSA) is 42.4 Å². The summed E-state index contributed by atoms with van der Waals surface area (Å²) in [5.41, 5.74) is 1.49. The lowest BCUT2D eigenvalue weighted by Gasteiger charge is -2.09. The second kappa shape index (κ2) is 5.27. The summed E-state index contributed by atoms with van der Waals surface area (Å²) in [6.45, 7) is -0.0944. The summed E-state index contributed by atoms with van der Waals surface area (Å²) in [4.78, 5) is 4.37. The summed E-state index contributed by atoms with van der Waals surface area (Å²) in [6.07, 6.45) is 0. The number of fused-ring (bicyclic) bond motifs is 1. The van der Waals surface area contributed by atoms with Gasteiger partial charge < -0.3 is 9.84 Å². The van der Waals surface area contributed by atoms with Crippen molar-refractivity contribution in [3.8, 4) is 11.6 Å². The lowest BCUT2D eigenvalue weighted by molar-refractivity contribution is 0.282. The van der Waals surface area contributed by atoms with Gasteiger partial charge in [-0.05, 0) is 35.9 Å². The van der Waals surface area contributed by atoms with Crippen LogP contribution in [0.5, 0.6) is 11.6 Å². The third kappa shape index (κ3) is 2.46. The van der Waals surface area contributed by atoms with Gasteiger partial charge in [0, 0.05) is 11.5 Å². The smallest absolute Gasteiger partial charge is 0.220 e. The standard InChI is InChI=1S/C16H12FNO2/c17-12-5-7-13(8-6-12)20-16-9-11(10-19)14-3-1-2-4-15(14)18-16/h1-9,19H,10H2. The van der Waals surface area contributed by atoms with Gasteiger partial charge in [0.25, 0.3) is 0 Å². The van der Waals surface area contributed by atoms with Gasteiger partial charge in [0.2, 0.25) is 5.88 Å². The Morgan fingerprint density at radius 3 is 2.55 bits per heavy atom. The second-order valence-electron chi connectivity index (χ2n) is 4.35. The van der Waals surface area contributed by atoms with Gasteiger partial charge in [-0.25, -0.2) is 9.37 Å². The van der Waals surface area contributed by atoms with Crippen LogP contribution < -0.4 is 4.74 Å². The molecule has 100 valence electrons. The molecule has 0 aliphatic carbocycles. The number of benzene rings is 2. The van der Waals surface area contributed by atoms with E-state index in [2.05, 4.69) is 4.98 Å². The molecule has 0 saturated carbocycles. The fourth-order valence-electron chi connectivity index (χ4n) is 2.03. The Kier molecular flexibility index (Phi) is 3.31. The van der Waals surface area contributed by atoms with E-state index in [1.807, 2.05) is 24.3 Å². The molecule has 0 atom stereocenters. The molecule has 2 aromatic carbocycles. The molecule has 0 amide bonds. The van der Waals surface area contributed by atoms with Crippen LogP contribution >= 0.6 is 0 Å². The maximum Gasteiger partial charge on any atom is 0.220 e. The summed E-state index contributed by atoms with van der Waals surface area (Å²) >= 11 is 0. The van der Waals surface area contributed by atoms with Crippen molar-refractivity contribution in [2.75, 3.05) is 0 Å². The van der Waals surface area contributed by atoms with Crippen molar-refractivity contribution in [2.24, 2.45) is 0 Å². The largest absolute Gasteiger partial charge is 0.439 e. The first-order valence-electron chi connectivity index (χ1n) is 6.19. The number of rotatable bonds is 3. The lowest BCUT2D eigenvalue weighted by atomic mass is 10.1. The van der Waals surface area contributed by atoms with Gasteiger partial charge in [0.1, 0.15) is 11.6 Å². The lowest BCUT2D eigenvalue weighted by Crippen LogP contribution is -1.93. The monoisotopic (exact) mass is 269 g/mol. The number of hydrogen-bond donors (Lipinski definition) is 1. The van der Waals surface area contributed by atoms with Gasteiger partial charge in [0.15, 0.2) is 0 Å². The molecule has 0 spiro atoms. The molecule has 0 bridgehead atoms. The summed E-state index contributed by atoms with van der Waals surface area (Å²) in [6, 6.07) is 14.9. The number of pyridine rings is 1. The van der Waals surface area contributed by atoms with Crippen LogP contribution in [-0.4, -0.2) is 10.1 Å². The number of halogens is 1. The number of ether oxygens (including phenoxy) is 1. The van der Waals surface area contributed by atoms with Crippen molar-refractivity contribution < 1.29 is 14.2 Å². The summed E-state index contributed by atoms with van der Waals surface area (Å²) < 4.78 is 18.4. The first-order chi connectivity index (χ1) is 9.76. The number of para-hydroxylation sites is 1. The molecule has 4 heteroatoms. The van der Waals surface area contributed by atoms with Crippen LogP contribution in [0, 0.1) is 5.82 Å². The van der Waals surface area contributed by atoms with Crippen LogP contribution in [0.15, 0.2) is 54.6 Å². The Hall–Kier alpha value is -2.46. The minimum atomic E-state index is -0.320. The van der Waals surface area contributed by atoms with Crippen molar-refractivity contribution in [1.82, 2.24) is 4.98 Å². The zero-order valence-electron chi connectivity index (χ0n) is 10.6. The molecule has 3 rings (SSSR count). The number of aliphatic hydroxyl groups excluding tert-OH is 1. The zero-order chi connectivity index (χ0) is 13.9. The molecule has 3 aromatic rings. The second-order valence-corrected chi connectivity index (χ2v) is 4.35. The molecular weight excluding hydrogens is 257 g/mol. The minimum absolute atomic E-state index is 0.0944. The van der Waals surface area contributed by atoms with E-state index in [9.17, 15) is 9.50 Å². The quantitative estimate of drug-likeness (QED) is 0.789. The Bertz CT molecular complexity index is 741. The predicted octanol–water partition coefficient (Wildman–Crippen LogP) is 3.66. The highest BCUT2D eigenvalue weighted by Gasteiger charge is 2.06. The van der Waals surface area contributed by atoms with E-state index in [1.54, 1.807) is 6.07 Å². The Labute approximate surface area is 115 Å². The van der Waals surface area contributed by atoms with E-state index in [-0.39, 0.29) is 12.4 Å². The van der Waals surface area contributed by atoms with Gasteiger partial charge in [-0.2, -0.15) is 0 Å². The van der Waals surface area contributed by atoms with Crippen molar-refractivity contribution in [1.29, 1.82) is 0 Å². The normalized spacial score (nSPS) is 10.7. The van der Waals surface area contributed by atoms with E-state index < -0.39 is 0 Å². The average Bonchev–Trinajstić information content (AvgIpc) is 2.49. The Balaban J connectivity index is 2.01. The highest BCUT2D eigenvalue weighted by molar-refractivity contribution is 5.82. The fraction of sp³-hybridized carbons (Fsp3) is 0.0625. The highest BCUT2D eigenvalue weighted by atomic mass is 19.1. The van der Waals surface area contributed by atoms with E-state index in [1.165, 1.54) is 24.3 Å². The molecule has 20 heavy (non-hydrogen) atoms. The molecular formula is C16H12FNO2. The number of hydrogen-bond acceptors (Lipinski definition) is 3. The summed E-state index contributed by atoms with van der Waals surface area (Å²) in [5.74, 6) is 0.553. The van der Waals surface area contributed by atoms with Crippen LogP contribution in [0.1, 0.15) is 5.56 Å². The fourth-order valence-corrected chi connectivity index (χ4v) is 2.03. The van der Waals surface area contributed by atoms with Crippen molar-refractivity contribution >= 4 is 10.9 Å². The van der Waals surface area contributed by atoms with Gasteiger partial charge in [-0.15, -0.1) is 0 Å².